The van der Waals surface area contributed by atoms with Gasteiger partial charge < -0.3 is 19.9 Å². The number of nitrogens with zero attached hydrogens (tertiary/aromatic N) is 3. The van der Waals surface area contributed by atoms with Gasteiger partial charge in [-0.25, -0.2) is 4.79 Å². The molecule has 7 nitrogen and oxygen atoms in total. The van der Waals surface area contributed by atoms with Crippen LogP contribution >= 0.6 is 0 Å². The van der Waals surface area contributed by atoms with E-state index in [1.807, 2.05) is 23.1 Å². The van der Waals surface area contributed by atoms with Crippen molar-refractivity contribution < 1.29 is 14.3 Å². The average molecular weight is 401 g/mol. The first-order valence-corrected chi connectivity index (χ1v) is 10.9. The number of methoxy groups -OCH3 is 1. The van der Waals surface area contributed by atoms with Gasteiger partial charge in [-0.3, -0.25) is 9.69 Å². The molecule has 3 aliphatic rings. The minimum atomic E-state index is -0.0602. The summed E-state index contributed by atoms with van der Waals surface area (Å²) in [5, 5.41) is 3.04. The van der Waals surface area contributed by atoms with Gasteiger partial charge in [-0.15, -0.1) is 0 Å². The number of ether oxygens (including phenoxy) is 1. The second-order valence-corrected chi connectivity index (χ2v) is 8.30. The number of anilines is 2. The number of carbonyl (C=O) groups is 2. The number of benzene rings is 1. The smallest absolute Gasteiger partial charge is 0.321 e. The lowest BCUT2D eigenvalue weighted by Gasteiger charge is -2.37. The standard InChI is InChI=1S/C22H32N4O3/c1-29-20-10-9-17(15-19(20)26-14-3-2-8-21(26)27)23-22(28)25-13-6-7-18(16-25)24-11-4-5-12-24/h9-10,15,18H,2-8,11-14,16H2,1H3,(H,23,28)/t18-/m1/s1. The molecule has 0 spiro atoms. The third-order valence-electron chi connectivity index (χ3n) is 6.39. The second-order valence-electron chi connectivity index (χ2n) is 8.30. The van der Waals surface area contributed by atoms with E-state index in [1.165, 1.54) is 19.3 Å². The first kappa shape index (κ1) is 20.0. The van der Waals surface area contributed by atoms with Crippen LogP contribution in [0.5, 0.6) is 5.75 Å². The highest BCUT2D eigenvalue weighted by atomic mass is 16.5. The minimum absolute atomic E-state index is 0.0602. The van der Waals surface area contributed by atoms with Gasteiger partial charge in [0.1, 0.15) is 5.75 Å². The quantitative estimate of drug-likeness (QED) is 0.842. The van der Waals surface area contributed by atoms with Crippen LogP contribution in [0.4, 0.5) is 16.2 Å². The van der Waals surface area contributed by atoms with Crippen LogP contribution in [0.1, 0.15) is 44.9 Å². The van der Waals surface area contributed by atoms with Gasteiger partial charge in [-0.1, -0.05) is 0 Å². The second kappa shape index (κ2) is 9.03. The molecular weight excluding hydrogens is 368 g/mol. The molecule has 0 saturated carbocycles. The molecule has 3 aliphatic heterocycles. The molecule has 1 atom stereocenters. The molecule has 1 aromatic rings. The van der Waals surface area contributed by atoms with Crippen molar-refractivity contribution in [2.75, 3.05) is 50.1 Å². The fourth-order valence-corrected chi connectivity index (χ4v) is 4.79. The highest BCUT2D eigenvalue weighted by Gasteiger charge is 2.29. The maximum absolute atomic E-state index is 12.9. The van der Waals surface area contributed by atoms with E-state index >= 15 is 0 Å². The number of piperidine rings is 2. The van der Waals surface area contributed by atoms with Gasteiger partial charge in [0.25, 0.3) is 0 Å². The first-order valence-electron chi connectivity index (χ1n) is 10.9. The number of nitrogens with one attached hydrogen (secondary N) is 1. The Bertz CT molecular complexity index is 748. The molecule has 29 heavy (non-hydrogen) atoms. The van der Waals surface area contributed by atoms with Crippen molar-refractivity contribution in [3.05, 3.63) is 18.2 Å². The Morgan fingerprint density at radius 2 is 1.86 bits per heavy atom. The van der Waals surface area contributed by atoms with Crippen molar-refractivity contribution in [1.82, 2.24) is 9.80 Å². The highest BCUT2D eigenvalue weighted by Crippen LogP contribution is 2.34. The Labute approximate surface area is 173 Å². The van der Waals surface area contributed by atoms with Crippen LogP contribution in [0.3, 0.4) is 0 Å². The molecule has 1 N–H and O–H groups in total. The van der Waals surface area contributed by atoms with Crippen LogP contribution in [-0.2, 0) is 4.79 Å². The fraction of sp³-hybridized carbons (Fsp3) is 0.636. The van der Waals surface area contributed by atoms with E-state index < -0.39 is 0 Å². The van der Waals surface area contributed by atoms with Crippen molar-refractivity contribution in [3.63, 3.8) is 0 Å². The molecule has 3 saturated heterocycles. The van der Waals surface area contributed by atoms with E-state index in [-0.39, 0.29) is 11.9 Å². The number of likely N-dealkylation sites (tertiary alicyclic amines) is 2. The molecule has 4 rings (SSSR count). The summed E-state index contributed by atoms with van der Waals surface area (Å²) in [6.07, 6.45) is 7.24. The average Bonchev–Trinajstić information content (AvgIpc) is 3.29. The molecule has 0 aliphatic carbocycles. The van der Waals surface area contributed by atoms with Gasteiger partial charge >= 0.3 is 6.03 Å². The van der Waals surface area contributed by atoms with E-state index in [2.05, 4.69) is 10.2 Å². The van der Waals surface area contributed by atoms with Crippen molar-refractivity contribution in [2.24, 2.45) is 0 Å². The van der Waals surface area contributed by atoms with Crippen LogP contribution in [0.25, 0.3) is 0 Å². The molecule has 3 amide bonds. The van der Waals surface area contributed by atoms with Gasteiger partial charge in [0.2, 0.25) is 5.91 Å². The zero-order valence-corrected chi connectivity index (χ0v) is 17.4. The molecule has 1 aromatic carbocycles. The van der Waals surface area contributed by atoms with Gasteiger partial charge in [0.15, 0.2) is 0 Å². The van der Waals surface area contributed by atoms with Crippen molar-refractivity contribution in [3.8, 4) is 5.75 Å². The van der Waals surface area contributed by atoms with Crippen molar-refractivity contribution in [1.29, 1.82) is 0 Å². The van der Waals surface area contributed by atoms with Gasteiger partial charge in [0.05, 0.1) is 12.8 Å². The topological polar surface area (TPSA) is 65.1 Å². The lowest BCUT2D eigenvalue weighted by atomic mass is 10.0. The number of amides is 3. The lowest BCUT2D eigenvalue weighted by Crippen LogP contribution is -2.50. The Morgan fingerprint density at radius 3 is 2.62 bits per heavy atom. The highest BCUT2D eigenvalue weighted by molar-refractivity contribution is 5.97. The summed E-state index contributed by atoms with van der Waals surface area (Å²) in [6.45, 7) is 4.59. The summed E-state index contributed by atoms with van der Waals surface area (Å²) in [6, 6.07) is 5.96. The van der Waals surface area contributed by atoms with Crippen molar-refractivity contribution >= 4 is 23.3 Å². The van der Waals surface area contributed by atoms with Crippen LogP contribution in [0.15, 0.2) is 18.2 Å². The van der Waals surface area contributed by atoms with Crippen LogP contribution in [0.2, 0.25) is 0 Å². The normalized spacial score (nSPS) is 23.3. The monoisotopic (exact) mass is 400 g/mol. The molecule has 0 unspecified atom stereocenters. The summed E-state index contributed by atoms with van der Waals surface area (Å²) in [5.74, 6) is 0.771. The SMILES string of the molecule is COc1ccc(NC(=O)N2CCC[C@@H](N3CCCC3)C2)cc1N1CCCCC1=O. The molecule has 158 valence electrons. The van der Waals surface area contributed by atoms with E-state index in [4.69, 9.17) is 4.74 Å². The fourth-order valence-electron chi connectivity index (χ4n) is 4.79. The maximum Gasteiger partial charge on any atom is 0.321 e. The number of hydrogen-bond donors (Lipinski definition) is 1. The number of hydrogen-bond acceptors (Lipinski definition) is 4. The van der Waals surface area contributed by atoms with Gasteiger partial charge in [-0.05, 0) is 69.8 Å². The number of carbonyl (C=O) groups excluding carboxylic acids is 2. The zero-order chi connectivity index (χ0) is 20.2. The molecule has 0 aromatic heterocycles. The third kappa shape index (κ3) is 4.50. The largest absolute Gasteiger partial charge is 0.495 e. The summed E-state index contributed by atoms with van der Waals surface area (Å²) < 4.78 is 5.47. The van der Waals surface area contributed by atoms with Crippen LogP contribution in [-0.4, -0.2) is 67.6 Å². The predicted octanol–water partition coefficient (Wildman–Crippen LogP) is 3.30. The van der Waals surface area contributed by atoms with E-state index in [0.29, 0.717) is 30.4 Å². The molecular formula is C22H32N4O3. The Morgan fingerprint density at radius 1 is 1.07 bits per heavy atom. The first-order chi connectivity index (χ1) is 14.2. The van der Waals surface area contributed by atoms with E-state index in [1.54, 1.807) is 12.0 Å². The number of rotatable bonds is 4. The van der Waals surface area contributed by atoms with Gasteiger partial charge in [-0.2, -0.15) is 0 Å². The molecule has 3 fully saturated rings. The summed E-state index contributed by atoms with van der Waals surface area (Å²) >= 11 is 0. The van der Waals surface area contributed by atoms with Crippen LogP contribution < -0.4 is 15.0 Å². The third-order valence-corrected chi connectivity index (χ3v) is 6.39. The van der Waals surface area contributed by atoms with E-state index in [0.717, 1.165) is 51.1 Å². The maximum atomic E-state index is 12.9. The molecule has 7 heteroatoms. The van der Waals surface area contributed by atoms with Crippen LogP contribution in [0, 0.1) is 0 Å². The Balaban J connectivity index is 1.45. The Kier molecular flexibility index (Phi) is 6.23. The summed E-state index contributed by atoms with van der Waals surface area (Å²) in [7, 11) is 1.61. The lowest BCUT2D eigenvalue weighted by molar-refractivity contribution is -0.119. The molecule has 3 heterocycles. The summed E-state index contributed by atoms with van der Waals surface area (Å²) in [4.78, 5) is 31.5. The van der Waals surface area contributed by atoms with E-state index in [9.17, 15) is 9.59 Å². The molecule has 0 radical (unpaired) electrons. The Hall–Kier alpha value is -2.28. The molecule has 0 bridgehead atoms. The van der Waals surface area contributed by atoms with Crippen molar-refractivity contribution in [2.45, 2.75) is 51.0 Å². The number of urea groups is 1. The predicted molar refractivity (Wildman–Crippen MR) is 114 cm³/mol. The van der Waals surface area contributed by atoms with Gasteiger partial charge in [0, 0.05) is 37.8 Å². The minimum Gasteiger partial charge on any atom is -0.495 e. The zero-order valence-electron chi connectivity index (χ0n) is 17.4. The summed E-state index contributed by atoms with van der Waals surface area (Å²) in [5.41, 5.74) is 1.44.